The van der Waals surface area contributed by atoms with Crippen LogP contribution in [0.5, 0.6) is 0 Å². The summed E-state index contributed by atoms with van der Waals surface area (Å²) in [5.41, 5.74) is 0. The van der Waals surface area contributed by atoms with Crippen LogP contribution in [0.4, 0.5) is 0 Å². The molecule has 0 N–H and O–H groups in total. The van der Waals surface area contributed by atoms with Crippen molar-refractivity contribution in [3.8, 4) is 0 Å². The Morgan fingerprint density at radius 1 is 1.07 bits per heavy atom. The molecular weight excluding hydrogens is 210 g/mol. The quantitative estimate of drug-likeness (QED) is 0.685. The number of rotatable bonds is 1. The summed E-state index contributed by atoms with van der Waals surface area (Å²) in [5, 5.41) is -0.135. The van der Waals surface area contributed by atoms with Gasteiger partial charge in [-0.15, -0.1) is 0 Å². The molecular formula is C11H21NO2S. The van der Waals surface area contributed by atoms with E-state index >= 15 is 0 Å². The highest BCUT2D eigenvalue weighted by molar-refractivity contribution is 7.92. The predicted molar refractivity (Wildman–Crippen MR) is 61.7 cm³/mol. The van der Waals surface area contributed by atoms with E-state index in [2.05, 4.69) is 4.90 Å². The maximum absolute atomic E-state index is 11.7. The third-order valence-electron chi connectivity index (χ3n) is 3.94. The Balaban J connectivity index is 2.00. The maximum Gasteiger partial charge on any atom is 0.154 e. The van der Waals surface area contributed by atoms with E-state index in [1.165, 1.54) is 25.7 Å². The predicted octanol–water partition coefficient (Wildman–Crippen LogP) is 1.44. The Morgan fingerprint density at radius 3 is 2.40 bits per heavy atom. The summed E-state index contributed by atoms with van der Waals surface area (Å²) in [6, 6.07) is 0.672. The first-order chi connectivity index (χ1) is 7.09. The molecule has 0 aromatic heterocycles. The van der Waals surface area contributed by atoms with Gasteiger partial charge in [-0.2, -0.15) is 0 Å². The fourth-order valence-corrected chi connectivity index (χ4v) is 4.08. The first kappa shape index (κ1) is 11.4. The summed E-state index contributed by atoms with van der Waals surface area (Å²) < 4.78 is 23.5. The molecule has 1 heterocycles. The van der Waals surface area contributed by atoms with Gasteiger partial charge in [0, 0.05) is 12.6 Å². The van der Waals surface area contributed by atoms with Crippen molar-refractivity contribution >= 4 is 9.84 Å². The molecule has 0 bridgehead atoms. The highest BCUT2D eigenvalue weighted by atomic mass is 32.2. The van der Waals surface area contributed by atoms with Gasteiger partial charge in [0.25, 0.3) is 0 Å². The van der Waals surface area contributed by atoms with Crippen LogP contribution in [0.2, 0.25) is 0 Å². The van der Waals surface area contributed by atoms with Crippen LogP contribution in [0.1, 0.15) is 39.0 Å². The lowest BCUT2D eigenvalue weighted by atomic mass is 10.2. The Labute approximate surface area is 92.8 Å². The van der Waals surface area contributed by atoms with Crippen LogP contribution in [0.25, 0.3) is 0 Å². The van der Waals surface area contributed by atoms with Gasteiger partial charge in [-0.3, -0.25) is 4.90 Å². The van der Waals surface area contributed by atoms with Crippen LogP contribution in [0.15, 0.2) is 0 Å². The molecule has 2 aliphatic rings. The van der Waals surface area contributed by atoms with Crippen LogP contribution in [0, 0.1) is 0 Å². The van der Waals surface area contributed by atoms with E-state index in [1.807, 2.05) is 6.92 Å². The van der Waals surface area contributed by atoms with Crippen molar-refractivity contribution in [2.45, 2.75) is 50.3 Å². The minimum atomic E-state index is -2.80. The van der Waals surface area contributed by atoms with Crippen molar-refractivity contribution < 1.29 is 8.42 Å². The number of sulfone groups is 1. The van der Waals surface area contributed by atoms with Crippen molar-refractivity contribution in [3.63, 3.8) is 0 Å². The first-order valence-electron chi connectivity index (χ1n) is 6.05. The third kappa shape index (κ3) is 2.53. The van der Waals surface area contributed by atoms with Gasteiger partial charge in [0.15, 0.2) is 9.84 Å². The van der Waals surface area contributed by atoms with E-state index in [4.69, 9.17) is 0 Å². The lowest BCUT2D eigenvalue weighted by Gasteiger charge is -2.26. The second-order valence-corrected chi connectivity index (χ2v) is 7.48. The molecule has 4 heteroatoms. The average molecular weight is 231 g/mol. The zero-order valence-corrected chi connectivity index (χ0v) is 10.3. The van der Waals surface area contributed by atoms with E-state index < -0.39 is 9.84 Å². The van der Waals surface area contributed by atoms with E-state index in [-0.39, 0.29) is 5.25 Å². The van der Waals surface area contributed by atoms with Gasteiger partial charge in [-0.1, -0.05) is 12.8 Å². The Bertz CT molecular complexity index is 307. The minimum Gasteiger partial charge on any atom is -0.299 e. The van der Waals surface area contributed by atoms with Crippen molar-refractivity contribution in [1.82, 2.24) is 4.90 Å². The van der Waals surface area contributed by atoms with Crippen LogP contribution >= 0.6 is 0 Å². The zero-order valence-electron chi connectivity index (χ0n) is 9.48. The van der Waals surface area contributed by atoms with Gasteiger partial charge >= 0.3 is 0 Å². The maximum atomic E-state index is 11.7. The standard InChI is InChI=1S/C11H21NO2S/c1-10-6-7-12(8-9-15(10,13)14)11-4-2-3-5-11/h10-11H,2-9H2,1H3. The fraction of sp³-hybridized carbons (Fsp3) is 1.00. The normalized spacial score (nSPS) is 34.1. The van der Waals surface area contributed by atoms with Gasteiger partial charge in [0.1, 0.15) is 0 Å². The van der Waals surface area contributed by atoms with Gasteiger partial charge in [-0.25, -0.2) is 8.42 Å². The van der Waals surface area contributed by atoms with Crippen molar-refractivity contribution in [3.05, 3.63) is 0 Å². The molecule has 0 aromatic carbocycles. The van der Waals surface area contributed by atoms with E-state index in [0.717, 1.165) is 19.5 Å². The van der Waals surface area contributed by atoms with E-state index in [9.17, 15) is 8.42 Å². The molecule has 0 amide bonds. The van der Waals surface area contributed by atoms with Gasteiger partial charge in [0.2, 0.25) is 0 Å². The van der Waals surface area contributed by atoms with Crippen molar-refractivity contribution in [2.24, 2.45) is 0 Å². The summed E-state index contributed by atoms with van der Waals surface area (Å²) in [7, 11) is -2.80. The van der Waals surface area contributed by atoms with E-state index in [0.29, 0.717) is 11.8 Å². The summed E-state index contributed by atoms with van der Waals surface area (Å²) >= 11 is 0. The SMILES string of the molecule is CC1CCN(C2CCCC2)CCS1(=O)=O. The van der Waals surface area contributed by atoms with Crippen LogP contribution in [-0.2, 0) is 9.84 Å². The molecule has 1 unspecified atom stereocenters. The van der Waals surface area contributed by atoms with Crippen LogP contribution in [0.3, 0.4) is 0 Å². The molecule has 15 heavy (non-hydrogen) atoms. The number of hydrogen-bond acceptors (Lipinski definition) is 3. The second kappa shape index (κ2) is 4.42. The molecule has 2 fully saturated rings. The lowest BCUT2D eigenvalue weighted by Crippen LogP contribution is -2.35. The van der Waals surface area contributed by atoms with Crippen LogP contribution < -0.4 is 0 Å². The average Bonchev–Trinajstić information content (AvgIpc) is 2.66. The van der Waals surface area contributed by atoms with Crippen molar-refractivity contribution in [1.29, 1.82) is 0 Å². The van der Waals surface area contributed by atoms with Gasteiger partial charge < -0.3 is 0 Å². The summed E-state index contributed by atoms with van der Waals surface area (Å²) in [4.78, 5) is 2.41. The highest BCUT2D eigenvalue weighted by Gasteiger charge is 2.30. The van der Waals surface area contributed by atoms with Gasteiger partial charge in [0.05, 0.1) is 11.0 Å². The van der Waals surface area contributed by atoms with Crippen LogP contribution in [-0.4, -0.2) is 43.5 Å². The Kier molecular flexibility index (Phi) is 3.36. The molecule has 0 spiro atoms. The summed E-state index contributed by atoms with van der Waals surface area (Å²) in [6.07, 6.45) is 6.01. The topological polar surface area (TPSA) is 37.4 Å². The molecule has 0 radical (unpaired) electrons. The fourth-order valence-electron chi connectivity index (χ4n) is 2.72. The molecule has 1 aliphatic carbocycles. The van der Waals surface area contributed by atoms with Crippen molar-refractivity contribution in [2.75, 3.05) is 18.8 Å². The van der Waals surface area contributed by atoms with E-state index in [1.54, 1.807) is 0 Å². The first-order valence-corrected chi connectivity index (χ1v) is 7.77. The molecule has 2 rings (SSSR count). The largest absolute Gasteiger partial charge is 0.299 e. The molecule has 1 atom stereocenters. The third-order valence-corrected chi connectivity index (χ3v) is 6.15. The second-order valence-electron chi connectivity index (χ2n) is 4.94. The number of hydrogen-bond donors (Lipinski definition) is 0. The van der Waals surface area contributed by atoms with Gasteiger partial charge in [-0.05, 0) is 32.7 Å². The monoisotopic (exact) mass is 231 g/mol. The summed E-state index contributed by atoms with van der Waals surface area (Å²) in [5.74, 6) is 0.366. The summed E-state index contributed by atoms with van der Waals surface area (Å²) in [6.45, 7) is 3.59. The highest BCUT2D eigenvalue weighted by Crippen LogP contribution is 2.25. The molecule has 1 saturated heterocycles. The smallest absolute Gasteiger partial charge is 0.154 e. The number of nitrogens with zero attached hydrogens (tertiary/aromatic N) is 1. The minimum absolute atomic E-state index is 0.135. The Hall–Kier alpha value is -0.0900. The zero-order chi connectivity index (χ0) is 10.9. The Morgan fingerprint density at radius 2 is 1.73 bits per heavy atom. The molecule has 88 valence electrons. The molecule has 1 aliphatic heterocycles. The molecule has 0 aromatic rings. The lowest BCUT2D eigenvalue weighted by molar-refractivity contribution is 0.212. The molecule has 3 nitrogen and oxygen atoms in total. The molecule has 1 saturated carbocycles.